The molecule has 0 radical (unpaired) electrons. The van der Waals surface area contributed by atoms with Crippen molar-refractivity contribution in [2.75, 3.05) is 11.4 Å². The number of amides is 1. The van der Waals surface area contributed by atoms with Gasteiger partial charge in [0.25, 0.3) is 0 Å². The van der Waals surface area contributed by atoms with Crippen LogP contribution in [0.15, 0.2) is 83.8 Å². The van der Waals surface area contributed by atoms with Crippen molar-refractivity contribution in [1.29, 1.82) is 0 Å². The lowest BCUT2D eigenvalue weighted by molar-refractivity contribution is -0.119. The zero-order valence-electron chi connectivity index (χ0n) is 15.5. The SMILES string of the molecule is O=C1CN(Cc2ccc(Cl)cc2)S(=O)(=O)c2ccccc2N1Cc1ccccc1. The lowest BCUT2D eigenvalue weighted by Gasteiger charge is -2.22. The molecule has 0 bridgehead atoms. The number of nitrogens with zero attached hydrogens (tertiary/aromatic N) is 2. The van der Waals surface area contributed by atoms with Gasteiger partial charge in [-0.3, -0.25) is 4.79 Å². The van der Waals surface area contributed by atoms with Gasteiger partial charge >= 0.3 is 0 Å². The second-order valence-corrected chi connectivity index (χ2v) is 9.18. The molecule has 7 heteroatoms. The Morgan fingerprint density at radius 1 is 0.793 bits per heavy atom. The molecular formula is C22H19ClN2O3S. The van der Waals surface area contributed by atoms with Crippen LogP contribution < -0.4 is 4.90 Å². The van der Waals surface area contributed by atoms with E-state index in [4.69, 9.17) is 11.6 Å². The molecule has 1 aliphatic rings. The van der Waals surface area contributed by atoms with Crippen LogP contribution in [0.5, 0.6) is 0 Å². The summed E-state index contributed by atoms with van der Waals surface area (Å²) in [5.74, 6) is -0.267. The number of hydrogen-bond acceptors (Lipinski definition) is 3. The fourth-order valence-corrected chi connectivity index (χ4v) is 5.06. The van der Waals surface area contributed by atoms with Gasteiger partial charge in [-0.15, -0.1) is 0 Å². The summed E-state index contributed by atoms with van der Waals surface area (Å²) < 4.78 is 27.9. The van der Waals surface area contributed by atoms with Crippen LogP contribution in [-0.2, 0) is 27.9 Å². The molecule has 0 aromatic heterocycles. The van der Waals surface area contributed by atoms with Crippen molar-refractivity contribution < 1.29 is 13.2 Å². The third-order valence-corrected chi connectivity index (χ3v) is 6.93. The Balaban J connectivity index is 1.74. The fraction of sp³-hybridized carbons (Fsp3) is 0.136. The summed E-state index contributed by atoms with van der Waals surface area (Å²) in [6.45, 7) is 0.173. The maximum absolute atomic E-state index is 13.4. The van der Waals surface area contributed by atoms with E-state index in [2.05, 4.69) is 0 Å². The van der Waals surface area contributed by atoms with Crippen molar-refractivity contribution in [2.45, 2.75) is 18.0 Å². The number of rotatable bonds is 4. The number of carbonyl (C=O) groups is 1. The Kier molecular flexibility index (Phi) is 5.41. The van der Waals surface area contributed by atoms with Crippen LogP contribution in [0.2, 0.25) is 5.02 Å². The largest absolute Gasteiger partial charge is 0.305 e. The number of para-hydroxylation sites is 1. The highest BCUT2D eigenvalue weighted by Gasteiger charge is 2.36. The molecule has 1 heterocycles. The number of fused-ring (bicyclic) bond motifs is 1. The number of anilines is 1. The lowest BCUT2D eigenvalue weighted by atomic mass is 10.2. The number of halogens is 1. The summed E-state index contributed by atoms with van der Waals surface area (Å²) in [4.78, 5) is 14.8. The molecule has 0 saturated heterocycles. The second-order valence-electron chi connectivity index (χ2n) is 6.83. The fourth-order valence-electron chi connectivity index (χ4n) is 3.37. The molecule has 0 fully saturated rings. The first-order valence-electron chi connectivity index (χ1n) is 9.13. The molecule has 3 aromatic carbocycles. The van der Waals surface area contributed by atoms with E-state index in [1.807, 2.05) is 30.3 Å². The Morgan fingerprint density at radius 2 is 1.41 bits per heavy atom. The van der Waals surface area contributed by atoms with Gasteiger partial charge in [-0.05, 0) is 35.4 Å². The maximum atomic E-state index is 13.4. The third kappa shape index (κ3) is 4.05. The Labute approximate surface area is 175 Å². The smallest absolute Gasteiger partial charge is 0.245 e. The number of hydrogen-bond donors (Lipinski definition) is 0. The van der Waals surface area contributed by atoms with E-state index in [1.165, 1.54) is 4.31 Å². The van der Waals surface area contributed by atoms with E-state index in [1.54, 1.807) is 53.4 Å². The summed E-state index contributed by atoms with van der Waals surface area (Å²) in [6, 6.07) is 23.1. The molecule has 29 heavy (non-hydrogen) atoms. The van der Waals surface area contributed by atoms with Crippen molar-refractivity contribution in [1.82, 2.24) is 4.31 Å². The second kappa shape index (κ2) is 7.99. The van der Waals surface area contributed by atoms with Gasteiger partial charge in [-0.25, -0.2) is 8.42 Å². The minimum Gasteiger partial charge on any atom is -0.305 e. The van der Waals surface area contributed by atoms with Crippen molar-refractivity contribution in [3.05, 3.63) is 95.0 Å². The van der Waals surface area contributed by atoms with E-state index in [9.17, 15) is 13.2 Å². The molecule has 148 valence electrons. The molecule has 0 aliphatic carbocycles. The van der Waals surface area contributed by atoms with Crippen LogP contribution >= 0.6 is 11.6 Å². The van der Waals surface area contributed by atoms with Crippen LogP contribution in [0, 0.1) is 0 Å². The molecule has 0 atom stereocenters. The van der Waals surface area contributed by atoms with Gasteiger partial charge in [0.15, 0.2) is 0 Å². The summed E-state index contributed by atoms with van der Waals surface area (Å²) >= 11 is 5.93. The minimum atomic E-state index is -3.85. The summed E-state index contributed by atoms with van der Waals surface area (Å²) in [7, 11) is -3.85. The first-order chi connectivity index (χ1) is 13.9. The van der Waals surface area contributed by atoms with Crippen LogP contribution in [-0.4, -0.2) is 25.2 Å². The van der Waals surface area contributed by atoms with Crippen molar-refractivity contribution in [3.8, 4) is 0 Å². The number of carbonyl (C=O) groups excluding carboxylic acids is 1. The van der Waals surface area contributed by atoms with Gasteiger partial charge in [0, 0.05) is 11.6 Å². The summed E-state index contributed by atoms with van der Waals surface area (Å²) in [5, 5.41) is 0.572. The summed E-state index contributed by atoms with van der Waals surface area (Å²) in [6.07, 6.45) is 0. The predicted octanol–water partition coefficient (Wildman–Crippen LogP) is 4.08. The quantitative estimate of drug-likeness (QED) is 0.631. The Hall–Kier alpha value is -2.67. The zero-order valence-corrected chi connectivity index (χ0v) is 17.1. The van der Waals surface area contributed by atoms with Crippen molar-refractivity contribution in [2.24, 2.45) is 0 Å². The standard InChI is InChI=1S/C22H19ClN2O3S/c23-19-12-10-18(11-13-19)14-24-16-22(26)25(15-17-6-2-1-3-7-17)20-8-4-5-9-21(20)29(24,27)28/h1-13H,14-16H2. The first-order valence-corrected chi connectivity index (χ1v) is 10.9. The van der Waals surface area contributed by atoms with Crippen LogP contribution in [0.1, 0.15) is 11.1 Å². The molecule has 0 spiro atoms. The normalized spacial score (nSPS) is 16.3. The van der Waals surface area contributed by atoms with E-state index in [0.29, 0.717) is 17.3 Å². The molecule has 0 saturated carbocycles. The Bertz CT molecular complexity index is 1130. The molecule has 3 aromatic rings. The first kappa shape index (κ1) is 19.6. The van der Waals surface area contributed by atoms with E-state index < -0.39 is 10.0 Å². The average Bonchev–Trinajstić information content (AvgIpc) is 2.80. The van der Waals surface area contributed by atoms with Crippen molar-refractivity contribution in [3.63, 3.8) is 0 Å². The van der Waals surface area contributed by atoms with Crippen LogP contribution in [0.25, 0.3) is 0 Å². The monoisotopic (exact) mass is 426 g/mol. The molecule has 4 rings (SSSR count). The van der Waals surface area contributed by atoms with Gasteiger partial charge in [-0.2, -0.15) is 4.31 Å². The third-order valence-electron chi connectivity index (χ3n) is 4.84. The molecule has 5 nitrogen and oxygen atoms in total. The zero-order chi connectivity index (χ0) is 20.4. The minimum absolute atomic E-state index is 0.0960. The molecule has 0 unspecified atom stereocenters. The molecular weight excluding hydrogens is 408 g/mol. The number of benzene rings is 3. The van der Waals surface area contributed by atoms with Crippen LogP contribution in [0.4, 0.5) is 5.69 Å². The number of sulfonamides is 1. The average molecular weight is 427 g/mol. The topological polar surface area (TPSA) is 57.7 Å². The summed E-state index contributed by atoms with van der Waals surface area (Å²) in [5.41, 5.74) is 2.10. The molecule has 1 amide bonds. The van der Waals surface area contributed by atoms with E-state index >= 15 is 0 Å². The Morgan fingerprint density at radius 3 is 2.14 bits per heavy atom. The van der Waals surface area contributed by atoms with Gasteiger partial charge < -0.3 is 4.90 Å². The van der Waals surface area contributed by atoms with Crippen LogP contribution in [0.3, 0.4) is 0 Å². The maximum Gasteiger partial charge on any atom is 0.245 e. The highest BCUT2D eigenvalue weighted by atomic mass is 35.5. The van der Waals surface area contributed by atoms with Gasteiger partial charge in [0.2, 0.25) is 15.9 Å². The lowest BCUT2D eigenvalue weighted by Crippen LogP contribution is -2.38. The molecule has 0 N–H and O–H groups in total. The van der Waals surface area contributed by atoms with Gasteiger partial charge in [0.05, 0.1) is 18.8 Å². The van der Waals surface area contributed by atoms with Gasteiger partial charge in [-0.1, -0.05) is 66.2 Å². The highest BCUT2D eigenvalue weighted by molar-refractivity contribution is 7.89. The van der Waals surface area contributed by atoms with Crippen molar-refractivity contribution >= 4 is 33.2 Å². The predicted molar refractivity (Wildman–Crippen MR) is 113 cm³/mol. The van der Waals surface area contributed by atoms with E-state index in [0.717, 1.165) is 11.1 Å². The van der Waals surface area contributed by atoms with E-state index in [-0.39, 0.29) is 23.9 Å². The molecule has 1 aliphatic heterocycles. The highest BCUT2D eigenvalue weighted by Crippen LogP contribution is 2.33. The van der Waals surface area contributed by atoms with Gasteiger partial charge in [0.1, 0.15) is 4.90 Å².